The van der Waals surface area contributed by atoms with Gasteiger partial charge >= 0.3 is 0 Å². The molecule has 0 saturated carbocycles. The second-order valence-electron chi connectivity index (χ2n) is 10.3. The molecular formula is C30H32ClF2N3O5S. The van der Waals surface area contributed by atoms with Crippen LogP contribution < -0.4 is 9.64 Å². The van der Waals surface area contributed by atoms with Crippen molar-refractivity contribution in [1.29, 1.82) is 0 Å². The second-order valence-corrected chi connectivity index (χ2v) is 12.6. The maximum absolute atomic E-state index is 14.0. The number of piperazine rings is 1. The first-order valence-corrected chi connectivity index (χ1v) is 15.5. The Morgan fingerprint density at radius 1 is 0.929 bits per heavy atom. The van der Waals surface area contributed by atoms with Gasteiger partial charge in [-0.15, -0.1) is 0 Å². The number of carbonyl (C=O) groups excluding carboxylic acids is 1. The highest BCUT2D eigenvalue weighted by atomic mass is 35.5. The number of hydrogen-bond acceptors (Lipinski definition) is 6. The van der Waals surface area contributed by atoms with E-state index in [4.69, 9.17) is 21.1 Å². The molecular weight excluding hydrogens is 588 g/mol. The fourth-order valence-electron chi connectivity index (χ4n) is 5.23. The van der Waals surface area contributed by atoms with Crippen LogP contribution in [0, 0.1) is 11.6 Å². The number of hydrogen-bond donors (Lipinski definition) is 0. The van der Waals surface area contributed by atoms with Gasteiger partial charge in [0.2, 0.25) is 10.0 Å². The summed E-state index contributed by atoms with van der Waals surface area (Å²) in [5, 5.41) is 0.0505. The normalized spacial score (nSPS) is 17.0. The van der Waals surface area contributed by atoms with Crippen LogP contribution in [0.3, 0.4) is 0 Å². The number of benzene rings is 3. The molecule has 3 aromatic rings. The Bertz CT molecular complexity index is 1520. The van der Waals surface area contributed by atoms with Gasteiger partial charge in [0.1, 0.15) is 10.7 Å². The van der Waals surface area contributed by atoms with Crippen molar-refractivity contribution in [3.63, 3.8) is 0 Å². The minimum absolute atomic E-state index is 0.0505. The SMILES string of the molecule is COc1ccc(COC2CCN(C(=O)c3ccc(Cl)c(S(=O)(=O)N4CCN(c5ccc(F)cc5)CC4)c3)CC2)cc1F. The zero-order valence-electron chi connectivity index (χ0n) is 23.1. The van der Waals surface area contributed by atoms with Crippen LogP contribution in [0.2, 0.25) is 5.02 Å². The molecule has 2 aliphatic rings. The lowest BCUT2D eigenvalue weighted by atomic mass is 10.1. The van der Waals surface area contributed by atoms with E-state index in [1.807, 2.05) is 4.90 Å². The smallest absolute Gasteiger partial charge is 0.253 e. The largest absolute Gasteiger partial charge is 0.494 e. The Morgan fingerprint density at radius 2 is 1.62 bits per heavy atom. The molecule has 0 spiro atoms. The van der Waals surface area contributed by atoms with E-state index >= 15 is 0 Å². The van der Waals surface area contributed by atoms with Gasteiger partial charge in [-0.25, -0.2) is 17.2 Å². The first-order valence-electron chi connectivity index (χ1n) is 13.7. The molecule has 0 aromatic heterocycles. The van der Waals surface area contributed by atoms with Gasteiger partial charge in [-0.3, -0.25) is 4.79 Å². The number of amides is 1. The van der Waals surface area contributed by atoms with Crippen LogP contribution in [0.5, 0.6) is 5.75 Å². The molecule has 0 bridgehead atoms. The van der Waals surface area contributed by atoms with Gasteiger partial charge in [-0.2, -0.15) is 4.31 Å². The predicted molar refractivity (Wildman–Crippen MR) is 155 cm³/mol. The summed E-state index contributed by atoms with van der Waals surface area (Å²) >= 11 is 6.34. The van der Waals surface area contributed by atoms with Gasteiger partial charge in [0.15, 0.2) is 11.6 Å². The Kier molecular flexibility index (Phi) is 9.32. The number of ether oxygens (including phenoxy) is 2. The van der Waals surface area contributed by atoms with Crippen molar-refractivity contribution in [3.8, 4) is 5.75 Å². The number of rotatable bonds is 8. The standard InChI is InChI=1S/C30H32ClF2N3O5S/c1-40-28-9-2-21(18-27(28)33)20-41-25-10-12-35(13-11-25)30(37)22-3-8-26(31)29(19-22)42(38,39)36-16-14-34(15-17-36)24-6-4-23(32)5-7-24/h2-9,18-19,25H,10-17,20H2,1H3. The molecule has 5 rings (SSSR count). The number of carbonyl (C=O) groups is 1. The van der Waals surface area contributed by atoms with E-state index in [1.165, 1.54) is 47.8 Å². The van der Waals surface area contributed by atoms with Crippen LogP contribution in [0.15, 0.2) is 65.6 Å². The summed E-state index contributed by atoms with van der Waals surface area (Å²) < 4.78 is 66.6. The van der Waals surface area contributed by atoms with Crippen molar-refractivity contribution in [2.75, 3.05) is 51.3 Å². The topological polar surface area (TPSA) is 79.4 Å². The molecule has 3 aromatic carbocycles. The second kappa shape index (κ2) is 12.9. The fraction of sp³-hybridized carbons (Fsp3) is 0.367. The van der Waals surface area contributed by atoms with E-state index in [-0.39, 0.29) is 58.8 Å². The summed E-state index contributed by atoms with van der Waals surface area (Å²) in [5.41, 5.74) is 1.76. The molecule has 2 saturated heterocycles. The van der Waals surface area contributed by atoms with Crippen LogP contribution in [0.1, 0.15) is 28.8 Å². The minimum Gasteiger partial charge on any atom is -0.494 e. The van der Waals surface area contributed by atoms with Crippen molar-refractivity contribution >= 4 is 33.2 Å². The number of piperidine rings is 1. The van der Waals surface area contributed by atoms with E-state index in [1.54, 1.807) is 29.2 Å². The molecule has 2 fully saturated rings. The highest BCUT2D eigenvalue weighted by molar-refractivity contribution is 7.89. The number of sulfonamides is 1. The molecule has 224 valence electrons. The first-order chi connectivity index (χ1) is 20.2. The van der Waals surface area contributed by atoms with Gasteiger partial charge in [-0.05, 0) is 73.0 Å². The lowest BCUT2D eigenvalue weighted by Gasteiger charge is -2.35. The molecule has 0 atom stereocenters. The molecule has 8 nitrogen and oxygen atoms in total. The van der Waals surface area contributed by atoms with E-state index in [0.717, 1.165) is 5.69 Å². The first kappa shape index (κ1) is 30.2. The van der Waals surface area contributed by atoms with Gasteiger partial charge < -0.3 is 19.3 Å². The van der Waals surface area contributed by atoms with Crippen molar-refractivity contribution in [2.24, 2.45) is 0 Å². The van der Waals surface area contributed by atoms with Crippen LogP contribution in [-0.2, 0) is 21.4 Å². The Hall–Kier alpha value is -3.25. The molecule has 0 N–H and O–H groups in total. The summed E-state index contributed by atoms with van der Waals surface area (Å²) in [5.74, 6) is -0.881. The third-order valence-corrected chi connectivity index (χ3v) is 10.0. The maximum Gasteiger partial charge on any atom is 0.253 e. The van der Waals surface area contributed by atoms with Gasteiger partial charge in [0, 0.05) is 50.5 Å². The average Bonchev–Trinajstić information content (AvgIpc) is 3.00. The lowest BCUT2D eigenvalue weighted by molar-refractivity contribution is -0.000482. The van der Waals surface area contributed by atoms with Gasteiger partial charge in [-0.1, -0.05) is 17.7 Å². The van der Waals surface area contributed by atoms with Crippen LogP contribution in [-0.4, -0.2) is 76.0 Å². The van der Waals surface area contributed by atoms with Crippen LogP contribution in [0.4, 0.5) is 14.5 Å². The summed E-state index contributed by atoms with van der Waals surface area (Å²) in [6, 6.07) is 15.1. The van der Waals surface area contributed by atoms with E-state index < -0.39 is 15.8 Å². The van der Waals surface area contributed by atoms with Crippen molar-refractivity contribution in [2.45, 2.75) is 30.4 Å². The molecule has 1 amide bonds. The molecule has 42 heavy (non-hydrogen) atoms. The quantitative estimate of drug-likeness (QED) is 0.355. The summed E-state index contributed by atoms with van der Waals surface area (Å²) in [6.07, 6.45) is 1.11. The number of likely N-dealkylation sites (tertiary alicyclic amines) is 1. The zero-order valence-corrected chi connectivity index (χ0v) is 24.7. The molecule has 2 aliphatic heterocycles. The number of anilines is 1. The molecule has 2 heterocycles. The van der Waals surface area contributed by atoms with Crippen LogP contribution in [0.25, 0.3) is 0 Å². The maximum atomic E-state index is 14.0. The fourth-order valence-corrected chi connectivity index (χ4v) is 7.16. The third-order valence-electron chi connectivity index (χ3n) is 7.66. The third kappa shape index (κ3) is 6.70. The zero-order chi connectivity index (χ0) is 29.9. The molecule has 0 radical (unpaired) electrons. The monoisotopic (exact) mass is 619 g/mol. The number of nitrogens with zero attached hydrogens (tertiary/aromatic N) is 3. The summed E-state index contributed by atoms with van der Waals surface area (Å²) in [4.78, 5) is 16.9. The van der Waals surface area contributed by atoms with Crippen LogP contribution >= 0.6 is 11.6 Å². The van der Waals surface area contributed by atoms with Gasteiger partial charge in [0.25, 0.3) is 5.91 Å². The molecule has 0 aliphatic carbocycles. The average molecular weight is 620 g/mol. The molecule has 12 heteroatoms. The highest BCUT2D eigenvalue weighted by Gasteiger charge is 2.32. The number of methoxy groups -OCH3 is 1. The van der Waals surface area contributed by atoms with Crippen molar-refractivity contribution in [3.05, 3.63) is 88.4 Å². The Balaban J connectivity index is 1.18. The summed E-state index contributed by atoms with van der Waals surface area (Å²) in [6.45, 7) is 2.45. The van der Waals surface area contributed by atoms with E-state index in [0.29, 0.717) is 44.6 Å². The van der Waals surface area contributed by atoms with E-state index in [9.17, 15) is 22.0 Å². The lowest BCUT2D eigenvalue weighted by Crippen LogP contribution is -2.48. The summed E-state index contributed by atoms with van der Waals surface area (Å²) in [7, 11) is -2.54. The molecule has 0 unspecified atom stereocenters. The number of halogens is 3. The van der Waals surface area contributed by atoms with E-state index in [2.05, 4.69) is 0 Å². The minimum atomic E-state index is -3.95. The van der Waals surface area contributed by atoms with Crippen molar-refractivity contribution in [1.82, 2.24) is 9.21 Å². The highest BCUT2D eigenvalue weighted by Crippen LogP contribution is 2.29. The predicted octanol–water partition coefficient (Wildman–Crippen LogP) is 4.96. The Morgan fingerprint density at radius 3 is 2.26 bits per heavy atom. The van der Waals surface area contributed by atoms with Crippen molar-refractivity contribution < 1.29 is 31.5 Å². The van der Waals surface area contributed by atoms with Gasteiger partial charge in [0.05, 0.1) is 24.8 Å². The Labute approximate surface area is 249 Å².